The minimum Gasteiger partial charge on any atom is -0.454 e. The fourth-order valence-electron chi connectivity index (χ4n) is 3.74. The number of benzene rings is 1. The zero-order chi connectivity index (χ0) is 21.3. The van der Waals surface area contributed by atoms with Crippen LogP contribution in [0.3, 0.4) is 0 Å². The molecule has 0 bridgehead atoms. The van der Waals surface area contributed by atoms with E-state index < -0.39 is 22.0 Å². The Hall–Kier alpha value is -2.26. The summed E-state index contributed by atoms with van der Waals surface area (Å²) in [5.41, 5.74) is 2.35. The molecular weight excluding hydrogens is 394 g/mol. The van der Waals surface area contributed by atoms with Gasteiger partial charge in [-0.15, -0.1) is 0 Å². The molecule has 1 atom stereocenters. The van der Waals surface area contributed by atoms with Gasteiger partial charge < -0.3 is 9.26 Å². The van der Waals surface area contributed by atoms with Crippen molar-refractivity contribution in [3.63, 3.8) is 0 Å². The van der Waals surface area contributed by atoms with Gasteiger partial charge in [-0.3, -0.25) is 4.79 Å². The van der Waals surface area contributed by atoms with E-state index in [1.54, 1.807) is 13.8 Å². The lowest BCUT2D eigenvalue weighted by Crippen LogP contribution is -2.41. The van der Waals surface area contributed by atoms with E-state index in [0.717, 1.165) is 5.56 Å². The molecule has 1 unspecified atom stereocenters. The second-order valence-corrected chi connectivity index (χ2v) is 9.64. The van der Waals surface area contributed by atoms with E-state index in [1.807, 2.05) is 32.9 Å². The topological polar surface area (TPSA) is 103 Å². The molecule has 1 saturated heterocycles. The molecule has 0 amide bonds. The molecule has 0 aliphatic carbocycles. The van der Waals surface area contributed by atoms with Crippen LogP contribution in [0.15, 0.2) is 21.6 Å². The Morgan fingerprint density at radius 1 is 1.28 bits per heavy atom. The monoisotopic (exact) mass is 421 g/mol. The molecule has 1 aromatic carbocycles. The molecule has 9 heteroatoms. The first-order valence-electron chi connectivity index (χ1n) is 9.70. The quantitative estimate of drug-likeness (QED) is 0.661. The van der Waals surface area contributed by atoms with Crippen molar-refractivity contribution < 1.29 is 22.5 Å². The second kappa shape index (κ2) is 8.23. The Balaban J connectivity index is 1.77. The van der Waals surface area contributed by atoms with E-state index in [-0.39, 0.29) is 29.9 Å². The minimum atomic E-state index is -3.82. The largest absolute Gasteiger partial charge is 0.454 e. The number of aromatic nitrogens is 2. The van der Waals surface area contributed by atoms with Gasteiger partial charge in [-0.25, -0.2) is 8.42 Å². The van der Waals surface area contributed by atoms with E-state index >= 15 is 0 Å². The van der Waals surface area contributed by atoms with Gasteiger partial charge >= 0.3 is 5.97 Å². The van der Waals surface area contributed by atoms with E-state index in [2.05, 4.69) is 10.1 Å². The smallest absolute Gasteiger partial charge is 0.324 e. The normalized spacial score (nSPS) is 17.8. The lowest BCUT2D eigenvalue weighted by molar-refractivity contribution is -0.149. The van der Waals surface area contributed by atoms with Crippen molar-refractivity contribution >= 4 is 16.0 Å². The fourth-order valence-corrected chi connectivity index (χ4v) is 5.81. The number of esters is 1. The molecule has 1 aliphatic heterocycles. The van der Waals surface area contributed by atoms with Gasteiger partial charge in [-0.2, -0.15) is 9.29 Å². The minimum absolute atomic E-state index is 0.0969. The Morgan fingerprint density at radius 2 is 1.93 bits per heavy atom. The molecule has 0 saturated carbocycles. The standard InChI is InChI=1S/C20H27N3O5S/c1-12(2)19-21-17(28-22-19)11-27-20(24)16-7-6-8-23(16)29(25,26)18-14(4)9-13(3)10-15(18)5/h9-10,12,16H,6-8,11H2,1-5H3. The molecule has 0 radical (unpaired) electrons. The van der Waals surface area contributed by atoms with Crippen LogP contribution < -0.4 is 0 Å². The molecule has 0 spiro atoms. The van der Waals surface area contributed by atoms with Gasteiger partial charge in [0.1, 0.15) is 6.04 Å². The van der Waals surface area contributed by atoms with E-state index in [1.165, 1.54) is 4.31 Å². The zero-order valence-electron chi connectivity index (χ0n) is 17.4. The van der Waals surface area contributed by atoms with Crippen LogP contribution in [0.25, 0.3) is 0 Å². The molecule has 1 fully saturated rings. The van der Waals surface area contributed by atoms with Crippen molar-refractivity contribution in [1.29, 1.82) is 0 Å². The number of hydrogen-bond acceptors (Lipinski definition) is 7. The van der Waals surface area contributed by atoms with Crippen molar-refractivity contribution in [2.75, 3.05) is 6.54 Å². The molecule has 8 nitrogen and oxygen atoms in total. The highest BCUT2D eigenvalue weighted by Gasteiger charge is 2.41. The van der Waals surface area contributed by atoms with Crippen LogP contribution in [0.4, 0.5) is 0 Å². The van der Waals surface area contributed by atoms with Gasteiger partial charge in [0.2, 0.25) is 10.0 Å². The number of aryl methyl sites for hydroxylation is 3. The first-order chi connectivity index (χ1) is 13.6. The average Bonchev–Trinajstić information content (AvgIpc) is 3.28. The molecule has 2 heterocycles. The van der Waals surface area contributed by atoms with Crippen LogP contribution in [0.5, 0.6) is 0 Å². The fraction of sp³-hybridized carbons (Fsp3) is 0.550. The molecule has 0 N–H and O–H groups in total. The van der Waals surface area contributed by atoms with E-state index in [0.29, 0.717) is 29.8 Å². The molecule has 2 aromatic rings. The Bertz CT molecular complexity index is 990. The highest BCUT2D eigenvalue weighted by Crippen LogP contribution is 2.31. The van der Waals surface area contributed by atoms with Gasteiger partial charge in [0, 0.05) is 12.5 Å². The molecular formula is C20H27N3O5S. The maximum absolute atomic E-state index is 13.3. The molecule has 1 aromatic heterocycles. The van der Waals surface area contributed by atoms with Gasteiger partial charge in [-0.05, 0) is 44.7 Å². The van der Waals surface area contributed by atoms with Crippen molar-refractivity contribution in [3.8, 4) is 0 Å². The number of rotatable bonds is 6. The van der Waals surface area contributed by atoms with Crippen molar-refractivity contribution in [2.45, 2.75) is 70.9 Å². The van der Waals surface area contributed by atoms with Crippen LogP contribution in [-0.4, -0.2) is 41.4 Å². The van der Waals surface area contributed by atoms with E-state index in [4.69, 9.17) is 9.26 Å². The number of sulfonamides is 1. The summed E-state index contributed by atoms with van der Waals surface area (Å²) in [5, 5.41) is 3.83. The van der Waals surface area contributed by atoms with Crippen LogP contribution in [0.2, 0.25) is 0 Å². The summed E-state index contributed by atoms with van der Waals surface area (Å²) < 4.78 is 38.3. The van der Waals surface area contributed by atoms with Gasteiger partial charge in [0.05, 0.1) is 4.90 Å². The Morgan fingerprint density at radius 3 is 2.52 bits per heavy atom. The Labute approximate surface area is 171 Å². The first-order valence-corrected chi connectivity index (χ1v) is 11.1. The predicted octanol–water partition coefficient (Wildman–Crippen LogP) is 3.01. The average molecular weight is 422 g/mol. The van der Waals surface area contributed by atoms with Crippen LogP contribution in [-0.2, 0) is 26.2 Å². The van der Waals surface area contributed by atoms with Crippen LogP contribution in [0, 0.1) is 20.8 Å². The predicted molar refractivity (Wildman–Crippen MR) is 106 cm³/mol. The lowest BCUT2D eigenvalue weighted by atomic mass is 10.1. The van der Waals surface area contributed by atoms with E-state index in [9.17, 15) is 13.2 Å². The van der Waals surface area contributed by atoms with Crippen LogP contribution in [0.1, 0.15) is 61.0 Å². The van der Waals surface area contributed by atoms with Gasteiger partial charge in [0.15, 0.2) is 12.4 Å². The molecule has 1 aliphatic rings. The second-order valence-electron chi connectivity index (χ2n) is 7.81. The van der Waals surface area contributed by atoms with Crippen LogP contribution >= 0.6 is 0 Å². The third-order valence-corrected chi connectivity index (χ3v) is 7.20. The van der Waals surface area contributed by atoms with Gasteiger partial charge in [0.25, 0.3) is 5.89 Å². The molecule has 3 rings (SSSR count). The first kappa shape index (κ1) is 21.4. The van der Waals surface area contributed by atoms with Gasteiger partial charge in [-0.1, -0.05) is 36.7 Å². The summed E-state index contributed by atoms with van der Waals surface area (Å²) in [6.07, 6.45) is 1.02. The summed E-state index contributed by atoms with van der Waals surface area (Å²) in [7, 11) is -3.82. The highest BCUT2D eigenvalue weighted by atomic mass is 32.2. The molecule has 29 heavy (non-hydrogen) atoms. The number of ether oxygens (including phenoxy) is 1. The van der Waals surface area contributed by atoms with Crippen molar-refractivity contribution in [2.24, 2.45) is 0 Å². The van der Waals surface area contributed by atoms with Crippen molar-refractivity contribution in [1.82, 2.24) is 14.4 Å². The summed E-state index contributed by atoms with van der Waals surface area (Å²) in [5.74, 6) is 0.226. The number of carbonyl (C=O) groups excluding carboxylic acids is 1. The van der Waals surface area contributed by atoms with Crippen molar-refractivity contribution in [3.05, 3.63) is 40.5 Å². The number of nitrogens with zero attached hydrogens (tertiary/aromatic N) is 3. The maximum atomic E-state index is 13.3. The third kappa shape index (κ3) is 4.35. The lowest BCUT2D eigenvalue weighted by Gasteiger charge is -2.24. The third-order valence-electron chi connectivity index (χ3n) is 4.99. The number of carbonyl (C=O) groups is 1. The number of hydrogen-bond donors (Lipinski definition) is 0. The summed E-state index contributed by atoms with van der Waals surface area (Å²) in [4.78, 5) is 17.1. The summed E-state index contributed by atoms with van der Waals surface area (Å²) in [6, 6.07) is 2.82. The summed E-state index contributed by atoms with van der Waals surface area (Å²) >= 11 is 0. The molecule has 158 valence electrons. The maximum Gasteiger partial charge on any atom is 0.324 e. The SMILES string of the molecule is Cc1cc(C)c(S(=O)(=O)N2CCCC2C(=O)OCc2nc(C(C)C)no2)c(C)c1. The zero-order valence-corrected chi connectivity index (χ0v) is 18.2. The highest BCUT2D eigenvalue weighted by molar-refractivity contribution is 7.89. The Kier molecular flexibility index (Phi) is 6.09. The summed E-state index contributed by atoms with van der Waals surface area (Å²) in [6.45, 7) is 9.44.